The second kappa shape index (κ2) is 6.83. The molecule has 1 N–H and O–H groups in total. The van der Waals surface area contributed by atoms with E-state index in [1.165, 1.54) is 12.1 Å². The first-order chi connectivity index (χ1) is 8.36. The molecular formula is C15H22F2O. The van der Waals surface area contributed by atoms with Gasteiger partial charge in [0.1, 0.15) is 11.6 Å². The molecule has 1 aromatic carbocycles. The molecule has 3 heteroatoms. The van der Waals surface area contributed by atoms with E-state index in [4.69, 9.17) is 0 Å². The highest BCUT2D eigenvalue weighted by atomic mass is 19.1. The zero-order valence-corrected chi connectivity index (χ0v) is 11.3. The summed E-state index contributed by atoms with van der Waals surface area (Å²) in [6, 6.07) is 3.40. The summed E-state index contributed by atoms with van der Waals surface area (Å²) in [7, 11) is 0. The minimum atomic E-state index is -0.590. The molecule has 0 amide bonds. The fourth-order valence-corrected chi connectivity index (χ4v) is 2.45. The van der Waals surface area contributed by atoms with Crippen LogP contribution in [0, 0.1) is 23.5 Å². The lowest BCUT2D eigenvalue weighted by atomic mass is 9.91. The molecule has 1 rings (SSSR count). The van der Waals surface area contributed by atoms with Gasteiger partial charge in [0.25, 0.3) is 0 Å². The largest absolute Gasteiger partial charge is 0.393 e. The van der Waals surface area contributed by atoms with Gasteiger partial charge in [0.2, 0.25) is 0 Å². The Balaban J connectivity index is 2.51. The van der Waals surface area contributed by atoms with Crippen molar-refractivity contribution in [1.82, 2.24) is 0 Å². The predicted octanol–water partition coefficient (Wildman–Crippen LogP) is 3.94. The first-order valence-corrected chi connectivity index (χ1v) is 6.50. The van der Waals surface area contributed by atoms with Gasteiger partial charge in [-0.2, -0.15) is 0 Å². The standard InChI is InChI=1S/C15H22F2O/c1-10(2)4-11(3)5-15(18)8-12-6-13(16)9-14(17)7-12/h6-7,9-11,15,18H,4-5,8H2,1-3H3. The summed E-state index contributed by atoms with van der Waals surface area (Å²) in [4.78, 5) is 0. The molecule has 18 heavy (non-hydrogen) atoms. The Labute approximate surface area is 108 Å². The highest BCUT2D eigenvalue weighted by Crippen LogP contribution is 2.19. The SMILES string of the molecule is CC(C)CC(C)CC(O)Cc1cc(F)cc(F)c1. The van der Waals surface area contributed by atoms with E-state index < -0.39 is 17.7 Å². The minimum Gasteiger partial charge on any atom is -0.393 e. The van der Waals surface area contributed by atoms with Crippen LogP contribution in [0.5, 0.6) is 0 Å². The average Bonchev–Trinajstić information content (AvgIpc) is 2.12. The summed E-state index contributed by atoms with van der Waals surface area (Å²) in [5.41, 5.74) is 0.511. The monoisotopic (exact) mass is 256 g/mol. The Bertz CT molecular complexity index is 357. The Morgan fingerprint density at radius 2 is 1.56 bits per heavy atom. The van der Waals surface area contributed by atoms with E-state index in [1.54, 1.807) is 0 Å². The molecule has 0 aliphatic heterocycles. The zero-order chi connectivity index (χ0) is 13.7. The molecule has 102 valence electrons. The fraction of sp³-hybridized carbons (Fsp3) is 0.600. The van der Waals surface area contributed by atoms with Gasteiger partial charge in [-0.25, -0.2) is 8.78 Å². The third-order valence-corrected chi connectivity index (χ3v) is 2.94. The Hall–Kier alpha value is -0.960. The van der Waals surface area contributed by atoms with E-state index in [1.807, 2.05) is 0 Å². The van der Waals surface area contributed by atoms with E-state index in [9.17, 15) is 13.9 Å². The van der Waals surface area contributed by atoms with Crippen molar-refractivity contribution in [2.75, 3.05) is 0 Å². The molecule has 0 aliphatic carbocycles. The number of rotatable bonds is 6. The van der Waals surface area contributed by atoms with Crippen LogP contribution in [0.25, 0.3) is 0 Å². The predicted molar refractivity (Wildman–Crippen MR) is 69.3 cm³/mol. The third-order valence-electron chi connectivity index (χ3n) is 2.94. The number of aliphatic hydroxyl groups is 1. The van der Waals surface area contributed by atoms with Crippen molar-refractivity contribution in [3.63, 3.8) is 0 Å². The maximum absolute atomic E-state index is 13.0. The van der Waals surface area contributed by atoms with Crippen molar-refractivity contribution in [3.05, 3.63) is 35.4 Å². The van der Waals surface area contributed by atoms with Crippen molar-refractivity contribution in [2.45, 2.75) is 46.1 Å². The number of hydrogen-bond donors (Lipinski definition) is 1. The highest BCUT2D eigenvalue weighted by Gasteiger charge is 2.13. The van der Waals surface area contributed by atoms with Gasteiger partial charge in [0.15, 0.2) is 0 Å². The van der Waals surface area contributed by atoms with Crippen LogP contribution >= 0.6 is 0 Å². The van der Waals surface area contributed by atoms with Crippen LogP contribution in [0.15, 0.2) is 18.2 Å². The Kier molecular flexibility index (Phi) is 5.73. The van der Waals surface area contributed by atoms with Crippen LogP contribution in [-0.4, -0.2) is 11.2 Å². The molecule has 0 fully saturated rings. The lowest BCUT2D eigenvalue weighted by Crippen LogP contribution is -2.16. The maximum atomic E-state index is 13.0. The van der Waals surface area contributed by atoms with Gasteiger partial charge in [-0.1, -0.05) is 20.8 Å². The van der Waals surface area contributed by atoms with Crippen molar-refractivity contribution < 1.29 is 13.9 Å². The molecule has 0 saturated carbocycles. The summed E-state index contributed by atoms with van der Waals surface area (Å²) >= 11 is 0. The van der Waals surface area contributed by atoms with Gasteiger partial charge in [0, 0.05) is 6.07 Å². The molecule has 2 atom stereocenters. The third kappa shape index (κ3) is 5.58. The van der Waals surface area contributed by atoms with Crippen LogP contribution in [0.2, 0.25) is 0 Å². The number of halogens is 2. The van der Waals surface area contributed by atoms with Crippen LogP contribution in [0.4, 0.5) is 8.78 Å². The molecule has 0 radical (unpaired) electrons. The maximum Gasteiger partial charge on any atom is 0.126 e. The average molecular weight is 256 g/mol. The van der Waals surface area contributed by atoms with E-state index in [0.29, 0.717) is 30.2 Å². The zero-order valence-electron chi connectivity index (χ0n) is 11.3. The van der Waals surface area contributed by atoms with Gasteiger partial charge in [-0.05, 0) is 48.8 Å². The summed E-state index contributed by atoms with van der Waals surface area (Å²) in [6.45, 7) is 6.38. The van der Waals surface area contributed by atoms with Gasteiger partial charge >= 0.3 is 0 Å². The summed E-state index contributed by atoms with van der Waals surface area (Å²) in [5, 5.41) is 9.92. The summed E-state index contributed by atoms with van der Waals surface area (Å²) < 4.78 is 26.0. The highest BCUT2D eigenvalue weighted by molar-refractivity contribution is 5.18. The van der Waals surface area contributed by atoms with Crippen molar-refractivity contribution in [3.8, 4) is 0 Å². The second-order valence-electron chi connectivity index (χ2n) is 5.61. The van der Waals surface area contributed by atoms with Gasteiger partial charge in [-0.15, -0.1) is 0 Å². The van der Waals surface area contributed by atoms with E-state index >= 15 is 0 Å². The molecular weight excluding hydrogens is 234 g/mol. The smallest absolute Gasteiger partial charge is 0.126 e. The van der Waals surface area contributed by atoms with Crippen LogP contribution in [-0.2, 0) is 6.42 Å². The second-order valence-corrected chi connectivity index (χ2v) is 5.61. The molecule has 1 nitrogen and oxygen atoms in total. The fourth-order valence-electron chi connectivity index (χ4n) is 2.45. The molecule has 1 aromatic rings. The first-order valence-electron chi connectivity index (χ1n) is 6.50. The molecule has 0 saturated heterocycles. The lowest BCUT2D eigenvalue weighted by Gasteiger charge is -2.18. The molecule has 0 aromatic heterocycles. The van der Waals surface area contributed by atoms with Gasteiger partial charge < -0.3 is 5.11 Å². The van der Waals surface area contributed by atoms with E-state index in [-0.39, 0.29) is 0 Å². The number of benzene rings is 1. The summed E-state index contributed by atoms with van der Waals surface area (Å²) in [5.74, 6) is -0.169. The van der Waals surface area contributed by atoms with Crippen molar-refractivity contribution in [2.24, 2.45) is 11.8 Å². The molecule has 0 bridgehead atoms. The Morgan fingerprint density at radius 1 is 1.00 bits per heavy atom. The minimum absolute atomic E-state index is 0.303. The van der Waals surface area contributed by atoms with Crippen LogP contribution in [0.3, 0.4) is 0 Å². The number of hydrogen-bond acceptors (Lipinski definition) is 1. The molecule has 0 spiro atoms. The molecule has 2 unspecified atom stereocenters. The first kappa shape index (κ1) is 15.1. The summed E-state index contributed by atoms with van der Waals surface area (Å²) in [6.07, 6.45) is 1.47. The Morgan fingerprint density at radius 3 is 2.06 bits per heavy atom. The van der Waals surface area contributed by atoms with Crippen molar-refractivity contribution in [1.29, 1.82) is 0 Å². The van der Waals surface area contributed by atoms with Crippen molar-refractivity contribution >= 4 is 0 Å². The molecule has 0 aliphatic rings. The van der Waals surface area contributed by atoms with Crippen LogP contribution in [0.1, 0.15) is 39.2 Å². The van der Waals surface area contributed by atoms with Crippen LogP contribution < -0.4 is 0 Å². The molecule has 0 heterocycles. The van der Waals surface area contributed by atoms with Gasteiger partial charge in [-0.3, -0.25) is 0 Å². The van der Waals surface area contributed by atoms with E-state index in [0.717, 1.165) is 12.5 Å². The quantitative estimate of drug-likeness (QED) is 0.817. The number of aliphatic hydroxyl groups excluding tert-OH is 1. The topological polar surface area (TPSA) is 20.2 Å². The normalized spacial score (nSPS) is 14.8. The van der Waals surface area contributed by atoms with E-state index in [2.05, 4.69) is 20.8 Å². The van der Waals surface area contributed by atoms with Gasteiger partial charge in [0.05, 0.1) is 6.10 Å². The lowest BCUT2D eigenvalue weighted by molar-refractivity contribution is 0.140.